The van der Waals surface area contributed by atoms with Crippen LogP contribution in [0.4, 0.5) is 49.3 Å². The fourth-order valence-corrected chi connectivity index (χ4v) is 11.6. The Kier molecular flexibility index (Phi) is 23.3. The van der Waals surface area contributed by atoms with Crippen LogP contribution in [0.1, 0.15) is 120 Å². The van der Waals surface area contributed by atoms with E-state index in [2.05, 4.69) is 65.6 Å². The van der Waals surface area contributed by atoms with Gasteiger partial charge in [0.15, 0.2) is 11.6 Å². The third-order valence-electron chi connectivity index (χ3n) is 15.8. The summed E-state index contributed by atoms with van der Waals surface area (Å²) in [6.07, 6.45) is 20.8. The zero-order chi connectivity index (χ0) is 66.0. The monoisotopic (exact) mass is 1320 g/mol. The molecule has 0 aromatic carbocycles. The number of hydrogen-bond donors (Lipinski definition) is 5. The quantitative estimate of drug-likeness (QED) is 0.0857. The molecule has 5 amide bonds. The summed E-state index contributed by atoms with van der Waals surface area (Å²) in [7, 11) is 0. The Balaban J connectivity index is 0.000000150. The fraction of sp³-hybridized carbons (Fsp3) is 0.639. The Morgan fingerprint density at radius 2 is 0.879 bits per heavy atom. The highest BCUT2D eigenvalue weighted by Crippen LogP contribution is 2.38. The van der Waals surface area contributed by atoms with Gasteiger partial charge in [-0.1, -0.05) is 23.2 Å². The lowest BCUT2D eigenvalue weighted by Gasteiger charge is -2.27. The highest BCUT2D eigenvalue weighted by atomic mass is 35.5. The summed E-state index contributed by atoms with van der Waals surface area (Å²) in [5.74, 6) is 5.28. The van der Waals surface area contributed by atoms with E-state index in [1.807, 2.05) is 67.2 Å². The molecule has 10 heterocycles. The average molecular weight is 1320 g/mol. The molecule has 9 aliphatic rings. The molecule has 6 unspecified atom stereocenters. The van der Waals surface area contributed by atoms with Gasteiger partial charge in [0.25, 0.3) is 0 Å². The molecule has 7 N–H and O–H groups in total. The van der Waals surface area contributed by atoms with E-state index in [1.165, 1.54) is 31.2 Å². The predicted octanol–water partition coefficient (Wildman–Crippen LogP) is 8.34. The van der Waals surface area contributed by atoms with Crippen LogP contribution < -0.4 is 37.2 Å². The van der Waals surface area contributed by atoms with E-state index in [0.29, 0.717) is 71.9 Å². The van der Waals surface area contributed by atoms with Gasteiger partial charge in [-0.05, 0) is 144 Å². The third kappa shape index (κ3) is 22.0. The van der Waals surface area contributed by atoms with E-state index in [-0.39, 0.29) is 75.9 Å². The zero-order valence-corrected chi connectivity index (χ0v) is 55.6. The lowest BCUT2D eigenvalue weighted by molar-refractivity contribution is -0.118. The van der Waals surface area contributed by atoms with Crippen molar-refractivity contribution < 1.29 is 43.0 Å². The van der Waals surface area contributed by atoms with Crippen LogP contribution in [-0.4, -0.2) is 184 Å². The van der Waals surface area contributed by atoms with Gasteiger partial charge in [0.1, 0.15) is 50.4 Å². The molecule has 4 aromatic heterocycles. The number of rotatable bonds is 7. The predicted molar refractivity (Wildman–Crippen MR) is 345 cm³/mol. The van der Waals surface area contributed by atoms with Crippen LogP contribution in [0.3, 0.4) is 0 Å². The molecule has 496 valence electrons. The van der Waals surface area contributed by atoms with Gasteiger partial charge in [-0.3, -0.25) is 34.3 Å². The van der Waals surface area contributed by atoms with Crippen molar-refractivity contribution in [3.8, 4) is 0 Å². The molecular formula is C61H87Cl3N18O9. The first-order chi connectivity index (χ1) is 42.9. The van der Waals surface area contributed by atoms with Gasteiger partial charge in [-0.2, -0.15) is 0 Å². The van der Waals surface area contributed by atoms with Crippen molar-refractivity contribution in [2.24, 2.45) is 35.5 Å². The molecule has 0 radical (unpaired) electrons. The standard InChI is InChI=1S/C19H27N5O3.C15H23N5O2.C11H20N2O2.C8H8ClN3O.C4H4ClN3.C4H5ClO/c1-19(2,3)27-18(26)23-10-13-6-7-24(14(13)11-23)16-9-20-8-15(21-16)22-17(25)12-4-5-12;1-15(2,3)22-14(21)19-8-10-4-5-20(11(10)9-19)13-7-17-6-12(16)18-13;1-11(2,3)15-10(14)13-6-8-4-5-12-9(8)7-13;9-6-3-10-4-7(11-6)12-8(13)5-1-2-5;5-3-1-7-2-4(6)8-3;5-4(6)3-1-2-3/h8-9,12-14H,4-7,10-11H2,1-3H3,(H,21,22,25);6-7,10-11H,4-5,8-9H2,1-3H3,(H2,16,18);8-9,12H,4-7H2,1-3H3;3-5H,1-2H2,(H,11,12,13);1-2H,(H2,6,8);3H,1-2H2. The number of likely N-dealkylation sites (tertiary alicyclic amines) is 3. The first-order valence-electron chi connectivity index (χ1n) is 31.1. The van der Waals surface area contributed by atoms with Gasteiger partial charge >= 0.3 is 18.3 Å². The average Bonchev–Trinajstić information content (AvgIpc) is 1.66. The van der Waals surface area contributed by atoms with Crippen molar-refractivity contribution in [1.29, 1.82) is 0 Å². The maximum Gasteiger partial charge on any atom is 0.410 e. The number of carbonyl (C=O) groups excluding carboxylic acids is 6. The number of ether oxygens (including phenoxy) is 3. The smallest absolute Gasteiger partial charge is 0.410 e. The van der Waals surface area contributed by atoms with Crippen LogP contribution >= 0.6 is 34.8 Å². The van der Waals surface area contributed by atoms with Crippen molar-refractivity contribution in [2.45, 2.75) is 155 Å². The van der Waals surface area contributed by atoms with Crippen molar-refractivity contribution in [1.82, 2.24) is 59.9 Å². The number of amides is 5. The Morgan fingerprint density at radius 1 is 0.484 bits per heavy atom. The zero-order valence-electron chi connectivity index (χ0n) is 53.3. The first kappa shape index (κ1) is 69.7. The van der Waals surface area contributed by atoms with Crippen LogP contribution in [0.25, 0.3) is 0 Å². The van der Waals surface area contributed by atoms with E-state index in [1.54, 1.807) is 34.6 Å². The van der Waals surface area contributed by atoms with E-state index >= 15 is 0 Å². The highest BCUT2D eigenvalue weighted by Gasteiger charge is 2.46. The molecule has 27 nitrogen and oxygen atoms in total. The van der Waals surface area contributed by atoms with Gasteiger partial charge in [-0.25, -0.2) is 34.3 Å². The summed E-state index contributed by atoms with van der Waals surface area (Å²) in [6, 6.07) is 0.974. The number of halogens is 3. The lowest BCUT2D eigenvalue weighted by atomic mass is 10.1. The number of nitrogens with one attached hydrogen (secondary N) is 3. The summed E-state index contributed by atoms with van der Waals surface area (Å²) < 4.78 is 16.3. The number of fused-ring (bicyclic) bond motifs is 3. The third-order valence-corrected chi connectivity index (χ3v) is 16.5. The summed E-state index contributed by atoms with van der Waals surface area (Å²) in [6.45, 7) is 24.3. The second-order valence-corrected chi connectivity index (χ2v) is 28.2. The number of aromatic nitrogens is 8. The number of hydrogen-bond acceptors (Lipinski definition) is 22. The van der Waals surface area contributed by atoms with Crippen LogP contribution in [0.5, 0.6) is 0 Å². The number of nitrogens with two attached hydrogens (primary N) is 2. The minimum absolute atomic E-state index is 0.0107. The van der Waals surface area contributed by atoms with Crippen molar-refractivity contribution in [3.05, 3.63) is 59.9 Å². The molecule has 91 heavy (non-hydrogen) atoms. The van der Waals surface area contributed by atoms with E-state index in [9.17, 15) is 28.8 Å². The van der Waals surface area contributed by atoms with Gasteiger partial charge in [-0.15, -0.1) is 0 Å². The number of carbonyl (C=O) groups is 6. The summed E-state index contributed by atoms with van der Waals surface area (Å²) in [5, 5.41) is 9.37. The van der Waals surface area contributed by atoms with E-state index < -0.39 is 11.2 Å². The van der Waals surface area contributed by atoms with Gasteiger partial charge in [0, 0.05) is 88.0 Å². The molecule has 30 heteroatoms. The number of anilines is 6. The van der Waals surface area contributed by atoms with Crippen molar-refractivity contribution in [2.75, 3.05) is 90.8 Å². The summed E-state index contributed by atoms with van der Waals surface area (Å²) in [4.78, 5) is 112. The minimum Gasteiger partial charge on any atom is -0.444 e. The Hall–Kier alpha value is -7.23. The Morgan fingerprint density at radius 3 is 1.26 bits per heavy atom. The fourth-order valence-electron chi connectivity index (χ4n) is 11.0. The molecule has 3 aliphatic carbocycles. The van der Waals surface area contributed by atoms with Crippen LogP contribution in [0, 0.1) is 35.5 Å². The van der Waals surface area contributed by atoms with Crippen LogP contribution in [0.2, 0.25) is 10.3 Å². The molecule has 6 atom stereocenters. The molecule has 13 rings (SSSR count). The number of nitrogens with zero attached hydrogens (tertiary/aromatic N) is 13. The van der Waals surface area contributed by atoms with Crippen LogP contribution in [0.15, 0.2) is 49.6 Å². The molecule has 6 saturated heterocycles. The van der Waals surface area contributed by atoms with Gasteiger partial charge in [0.2, 0.25) is 17.1 Å². The number of nitrogen functional groups attached to an aromatic ring is 2. The SMILES string of the molecule is CC(C)(C)OC(=O)N1CC2CCN(c3cncc(N)n3)C2C1.CC(C)(C)OC(=O)N1CC2CCN(c3cncc(NC(=O)C4CC4)n3)C2C1.CC(C)(C)OC(=O)N1CC2CCNC2C1.Nc1cncc(Cl)n1.O=C(Cl)C1CC1.O=C(Nc1cncc(Cl)n1)C1CC1. The highest BCUT2D eigenvalue weighted by molar-refractivity contribution is 6.64. The summed E-state index contributed by atoms with van der Waals surface area (Å²) >= 11 is 16.0. The molecule has 0 spiro atoms. The molecule has 9 fully saturated rings. The minimum atomic E-state index is -0.492. The normalized spacial score (nSPS) is 22.7. The van der Waals surface area contributed by atoms with Gasteiger partial charge in [0.05, 0.1) is 61.7 Å². The molecular weight excluding hydrogens is 1240 g/mol. The van der Waals surface area contributed by atoms with Gasteiger partial charge < -0.3 is 66.1 Å². The Labute approximate surface area is 546 Å². The van der Waals surface area contributed by atoms with E-state index in [4.69, 9.17) is 60.5 Å². The maximum atomic E-state index is 12.4. The lowest BCUT2D eigenvalue weighted by Crippen LogP contribution is -2.39. The largest absolute Gasteiger partial charge is 0.444 e. The van der Waals surface area contributed by atoms with Crippen molar-refractivity contribution >= 4 is 105 Å². The van der Waals surface area contributed by atoms with E-state index in [0.717, 1.165) is 102 Å². The molecule has 4 aromatic rings. The molecule has 3 saturated carbocycles. The Bertz CT molecular complexity index is 3150. The maximum absolute atomic E-state index is 12.4. The molecule has 6 aliphatic heterocycles. The first-order valence-corrected chi connectivity index (χ1v) is 32.2. The topological polar surface area (TPSA) is 338 Å². The summed E-state index contributed by atoms with van der Waals surface area (Å²) in [5.41, 5.74) is 9.58. The van der Waals surface area contributed by atoms with Crippen molar-refractivity contribution in [3.63, 3.8) is 0 Å². The molecule has 0 bridgehead atoms. The second-order valence-electron chi connectivity index (χ2n) is 27.0. The van der Waals surface area contributed by atoms with Crippen LogP contribution in [-0.2, 0) is 28.6 Å². The second kappa shape index (κ2) is 30.5.